The first-order valence-electron chi connectivity index (χ1n) is 28.3. The first kappa shape index (κ1) is 59.4. The van der Waals surface area contributed by atoms with E-state index in [0.29, 0.717) is 115 Å². The van der Waals surface area contributed by atoms with Gasteiger partial charge in [0.2, 0.25) is 17.7 Å². The molecule has 0 spiro atoms. The van der Waals surface area contributed by atoms with E-state index in [9.17, 15) is 38.4 Å². The SMILES string of the molecule is COC(=O)c1ccc(C2=CN3C(=O)c4cc(OC)c(OCCCCCOc5cc6c(cc5OC)C(=O)N5C=C(c7ccc(NC(=O)[C@H](C)NC(=O)[C@@H](NC(=O)CCCCCN8C(=O)C=CC8=O)C(C)C)cc7)C[C@H]5C=N6)cc4NC[C@@H]3C2)cc1. The molecule has 4 atom stereocenters. The van der Waals surface area contributed by atoms with Gasteiger partial charge < -0.3 is 54.8 Å². The third-order valence-corrected chi connectivity index (χ3v) is 15.4. The van der Waals surface area contributed by atoms with E-state index >= 15 is 0 Å². The van der Waals surface area contributed by atoms with E-state index in [2.05, 4.69) is 21.3 Å². The molecule has 0 aliphatic carbocycles. The van der Waals surface area contributed by atoms with Crippen LogP contribution in [-0.2, 0) is 28.7 Å². The number of amides is 7. The smallest absolute Gasteiger partial charge is 0.337 e. The van der Waals surface area contributed by atoms with Gasteiger partial charge in [-0.25, -0.2) is 4.79 Å². The molecule has 0 aromatic heterocycles. The number of carbonyl (C=O) groups is 8. The Bertz CT molecular complexity index is 3320. The zero-order chi connectivity index (χ0) is 59.6. The molecule has 0 unspecified atom stereocenters. The summed E-state index contributed by atoms with van der Waals surface area (Å²) in [7, 11) is 4.41. The largest absolute Gasteiger partial charge is 0.493 e. The van der Waals surface area contributed by atoms with Gasteiger partial charge in [0.15, 0.2) is 23.0 Å². The highest BCUT2D eigenvalue weighted by atomic mass is 16.5. The molecular formula is C63H70N8O13. The number of anilines is 2. The van der Waals surface area contributed by atoms with Gasteiger partial charge in [-0.1, -0.05) is 44.5 Å². The normalized spacial score (nSPS) is 17.4. The molecule has 0 saturated carbocycles. The molecule has 84 heavy (non-hydrogen) atoms. The van der Waals surface area contributed by atoms with Gasteiger partial charge in [-0.3, -0.25) is 43.5 Å². The van der Waals surface area contributed by atoms with Crippen molar-refractivity contribution in [2.75, 3.05) is 58.3 Å². The number of rotatable bonds is 25. The zero-order valence-corrected chi connectivity index (χ0v) is 48.0. The summed E-state index contributed by atoms with van der Waals surface area (Å²) >= 11 is 0. The number of nitrogens with zero attached hydrogens (tertiary/aromatic N) is 4. The summed E-state index contributed by atoms with van der Waals surface area (Å²) in [5.74, 6) is -1.14. The van der Waals surface area contributed by atoms with Gasteiger partial charge in [-0.2, -0.15) is 0 Å². The highest BCUT2D eigenvalue weighted by Gasteiger charge is 2.37. The number of aliphatic imine (C=N–C) groups is 1. The number of hydrogen-bond donors (Lipinski definition) is 4. The van der Waals surface area contributed by atoms with Crippen LogP contribution < -0.4 is 40.2 Å². The fourth-order valence-corrected chi connectivity index (χ4v) is 10.6. The second-order valence-electron chi connectivity index (χ2n) is 21.5. The summed E-state index contributed by atoms with van der Waals surface area (Å²) in [6.45, 7) is 6.76. The van der Waals surface area contributed by atoms with Crippen molar-refractivity contribution in [3.8, 4) is 23.0 Å². The van der Waals surface area contributed by atoms with Crippen LogP contribution in [0.2, 0.25) is 0 Å². The Kier molecular flexibility index (Phi) is 18.9. The molecule has 5 aliphatic rings. The second-order valence-corrected chi connectivity index (χ2v) is 21.5. The van der Waals surface area contributed by atoms with Crippen molar-refractivity contribution in [1.29, 1.82) is 0 Å². The molecular weight excluding hydrogens is 1080 g/mol. The lowest BCUT2D eigenvalue weighted by atomic mass is 10.0. The third-order valence-electron chi connectivity index (χ3n) is 15.4. The molecule has 9 rings (SSSR count). The third kappa shape index (κ3) is 13.6. The molecule has 440 valence electrons. The molecule has 5 heterocycles. The molecule has 7 amide bonds. The van der Waals surface area contributed by atoms with E-state index in [4.69, 9.17) is 28.7 Å². The summed E-state index contributed by atoms with van der Waals surface area (Å²) in [5, 5.41) is 11.8. The number of ether oxygens (including phenoxy) is 5. The zero-order valence-electron chi connectivity index (χ0n) is 48.0. The van der Waals surface area contributed by atoms with Crippen LogP contribution in [0.15, 0.2) is 102 Å². The van der Waals surface area contributed by atoms with E-state index < -0.39 is 29.9 Å². The molecule has 21 nitrogen and oxygen atoms in total. The Hall–Kier alpha value is -9.27. The Morgan fingerprint density at radius 1 is 0.667 bits per heavy atom. The number of unbranched alkanes of at least 4 members (excludes halogenated alkanes) is 4. The molecule has 5 aliphatic heterocycles. The number of esters is 1. The van der Waals surface area contributed by atoms with Crippen molar-refractivity contribution in [2.24, 2.45) is 10.9 Å². The molecule has 0 fully saturated rings. The molecule has 4 aromatic rings. The molecule has 4 N–H and O–H groups in total. The molecule has 0 bridgehead atoms. The van der Waals surface area contributed by atoms with Gasteiger partial charge in [0, 0.05) is 74.5 Å². The standard InChI is InChI=1S/C63H70N8O13/c1-37(2)58(68-55(72)13-9-7-10-24-69-56(73)22-23-57(69)74)60(76)66-38(3)59(75)67-44-20-18-40(19-21-44)43-28-46-34-65-50-32-54(52(81-5)30-48(50)62(78)71(46)36-43)84-26-12-8-11-25-83-53-31-49-47(29-51(53)80-4)61(77)70-35-42(27-45(70)33-64-49)39-14-16-41(17-15-39)63(79)82-6/h14-23,29-32,34-38,45-46,58,64H,7-13,24-28,33H2,1-6H3,(H,66,76)(H,67,75)(H,68,72)/t38-,45-,46-,58-/m0/s1. The minimum Gasteiger partial charge on any atom is -0.493 e. The van der Waals surface area contributed by atoms with Crippen molar-refractivity contribution < 1.29 is 62.0 Å². The number of carbonyl (C=O) groups excluding carboxylic acids is 8. The van der Waals surface area contributed by atoms with Gasteiger partial charge in [0.05, 0.1) is 74.7 Å². The lowest BCUT2D eigenvalue weighted by molar-refractivity contribution is -0.137. The Morgan fingerprint density at radius 2 is 1.27 bits per heavy atom. The van der Waals surface area contributed by atoms with E-state index in [1.54, 1.807) is 86.4 Å². The van der Waals surface area contributed by atoms with Gasteiger partial charge >= 0.3 is 5.97 Å². The number of fused-ring (bicyclic) bond motifs is 4. The first-order valence-corrected chi connectivity index (χ1v) is 28.3. The fourth-order valence-electron chi connectivity index (χ4n) is 10.6. The van der Waals surface area contributed by atoms with Gasteiger partial charge in [0.25, 0.3) is 23.6 Å². The maximum atomic E-state index is 14.1. The van der Waals surface area contributed by atoms with Crippen LogP contribution in [0.5, 0.6) is 23.0 Å². The number of benzene rings is 4. The Morgan fingerprint density at radius 3 is 1.93 bits per heavy atom. The maximum Gasteiger partial charge on any atom is 0.337 e. The Labute approximate surface area is 487 Å². The lowest BCUT2D eigenvalue weighted by Crippen LogP contribution is -2.53. The van der Waals surface area contributed by atoms with Gasteiger partial charge in [-0.05, 0) is 110 Å². The van der Waals surface area contributed by atoms with E-state index in [1.807, 2.05) is 42.7 Å². The van der Waals surface area contributed by atoms with Gasteiger partial charge in [-0.15, -0.1) is 0 Å². The monoisotopic (exact) mass is 1150 g/mol. The Balaban J connectivity index is 0.711. The second kappa shape index (κ2) is 26.8. The number of hydrogen-bond acceptors (Lipinski definition) is 15. The van der Waals surface area contributed by atoms with Crippen LogP contribution in [0.4, 0.5) is 17.1 Å². The van der Waals surface area contributed by atoms with Crippen molar-refractivity contribution in [3.05, 3.63) is 125 Å². The summed E-state index contributed by atoms with van der Waals surface area (Å²) in [4.78, 5) is 112. The van der Waals surface area contributed by atoms with Crippen LogP contribution in [0, 0.1) is 5.92 Å². The predicted molar refractivity (Wildman–Crippen MR) is 314 cm³/mol. The number of methoxy groups -OCH3 is 3. The van der Waals surface area contributed by atoms with Gasteiger partial charge in [0.1, 0.15) is 12.1 Å². The quantitative estimate of drug-likeness (QED) is 0.0280. The van der Waals surface area contributed by atoms with Crippen molar-refractivity contribution in [3.63, 3.8) is 0 Å². The van der Waals surface area contributed by atoms with Crippen molar-refractivity contribution in [1.82, 2.24) is 25.3 Å². The summed E-state index contributed by atoms with van der Waals surface area (Å²) < 4.78 is 28.6. The average molecular weight is 1150 g/mol. The highest BCUT2D eigenvalue weighted by Crippen LogP contribution is 2.42. The predicted octanol–water partition coefficient (Wildman–Crippen LogP) is 7.84. The summed E-state index contributed by atoms with van der Waals surface area (Å²) in [6.07, 6.45) is 13.2. The highest BCUT2D eigenvalue weighted by molar-refractivity contribution is 6.13. The van der Waals surface area contributed by atoms with Crippen LogP contribution >= 0.6 is 0 Å². The first-order chi connectivity index (χ1) is 40.5. The molecule has 4 aromatic carbocycles. The topological polar surface area (TPSA) is 253 Å². The summed E-state index contributed by atoms with van der Waals surface area (Å²) in [6, 6.07) is 19.1. The average Bonchev–Trinajstić information content (AvgIpc) is 2.20. The lowest BCUT2D eigenvalue weighted by Gasteiger charge is -2.24. The van der Waals surface area contributed by atoms with Crippen molar-refractivity contribution >= 4 is 81.7 Å². The minimum atomic E-state index is -0.924. The van der Waals surface area contributed by atoms with Crippen LogP contribution in [-0.4, -0.2) is 140 Å². The molecule has 21 heteroatoms. The number of imide groups is 1. The number of nitrogens with one attached hydrogen (secondary N) is 4. The molecule has 0 radical (unpaired) electrons. The fraction of sp³-hybridized carbons (Fsp3) is 0.381. The summed E-state index contributed by atoms with van der Waals surface area (Å²) in [5.41, 5.74) is 6.62. The molecule has 0 saturated heterocycles. The van der Waals surface area contributed by atoms with Crippen LogP contribution in [0.25, 0.3) is 11.1 Å². The van der Waals surface area contributed by atoms with E-state index in [0.717, 1.165) is 40.0 Å². The van der Waals surface area contributed by atoms with E-state index in [-0.39, 0.29) is 60.5 Å². The van der Waals surface area contributed by atoms with E-state index in [1.165, 1.54) is 26.4 Å². The van der Waals surface area contributed by atoms with Crippen LogP contribution in [0.3, 0.4) is 0 Å². The van der Waals surface area contributed by atoms with Crippen molar-refractivity contribution in [2.45, 2.75) is 103 Å². The minimum absolute atomic E-state index is 0.101. The maximum absolute atomic E-state index is 14.1. The van der Waals surface area contributed by atoms with Crippen LogP contribution in [0.1, 0.15) is 121 Å².